The molecule has 0 saturated heterocycles. The Labute approximate surface area is 144 Å². The third-order valence-corrected chi connectivity index (χ3v) is 4.84. The van der Waals surface area contributed by atoms with E-state index in [2.05, 4.69) is 15.9 Å². The fraction of sp³-hybridized carbons (Fsp3) is 0.133. The molecule has 0 amide bonds. The van der Waals surface area contributed by atoms with Crippen LogP contribution in [0.3, 0.4) is 0 Å². The Balaban J connectivity index is 2.42. The van der Waals surface area contributed by atoms with E-state index in [1.54, 1.807) is 11.4 Å². The van der Waals surface area contributed by atoms with E-state index in [4.69, 9.17) is 9.47 Å². The number of rotatable bonds is 6. The summed E-state index contributed by atoms with van der Waals surface area (Å²) in [5.74, 6) is 0.363. The number of nitrogens with zero attached hydrogens (tertiary/aromatic N) is 1. The van der Waals surface area contributed by atoms with Gasteiger partial charge in [-0.15, -0.1) is 11.3 Å². The number of hydrogen-bond donors (Lipinski definition) is 0. The summed E-state index contributed by atoms with van der Waals surface area (Å²) in [6.07, 6.45) is 2.69. The van der Waals surface area contributed by atoms with Gasteiger partial charge >= 0.3 is 0 Å². The van der Waals surface area contributed by atoms with E-state index in [1.165, 1.54) is 49.8 Å². The lowest BCUT2D eigenvalue weighted by Crippen LogP contribution is -1.97. The summed E-state index contributed by atoms with van der Waals surface area (Å²) in [6, 6.07) is 4.50. The monoisotopic (exact) mass is 397 g/mol. The van der Waals surface area contributed by atoms with Crippen molar-refractivity contribution in [3.8, 4) is 11.5 Å². The Bertz CT molecular complexity index is 784. The van der Waals surface area contributed by atoms with E-state index in [9.17, 15) is 14.9 Å². The fourth-order valence-corrected chi connectivity index (χ4v) is 3.37. The lowest BCUT2D eigenvalue weighted by molar-refractivity contribution is -0.385. The zero-order valence-electron chi connectivity index (χ0n) is 12.2. The van der Waals surface area contributed by atoms with Crippen molar-refractivity contribution in [3.63, 3.8) is 0 Å². The van der Waals surface area contributed by atoms with Crippen molar-refractivity contribution in [2.75, 3.05) is 14.2 Å². The van der Waals surface area contributed by atoms with Crippen LogP contribution >= 0.6 is 27.3 Å². The number of halogens is 1. The second kappa shape index (κ2) is 7.38. The van der Waals surface area contributed by atoms with Crippen LogP contribution in [0, 0.1) is 10.1 Å². The van der Waals surface area contributed by atoms with Crippen molar-refractivity contribution in [2.24, 2.45) is 0 Å². The third-order valence-electron chi connectivity index (χ3n) is 2.98. The van der Waals surface area contributed by atoms with Gasteiger partial charge < -0.3 is 9.47 Å². The summed E-state index contributed by atoms with van der Waals surface area (Å²) in [4.78, 5) is 23.3. The number of methoxy groups -OCH3 is 2. The molecule has 0 bridgehead atoms. The van der Waals surface area contributed by atoms with Crippen molar-refractivity contribution in [2.45, 2.75) is 0 Å². The molecular formula is C15H12BrNO5S. The molecule has 1 heterocycles. The third kappa shape index (κ3) is 3.77. The maximum atomic E-state index is 12.1. The Kier molecular flexibility index (Phi) is 5.51. The Morgan fingerprint density at radius 3 is 2.48 bits per heavy atom. The Hall–Kier alpha value is -2.19. The van der Waals surface area contributed by atoms with Crippen LogP contribution in [0.25, 0.3) is 6.08 Å². The minimum absolute atomic E-state index is 0.169. The molecule has 6 nitrogen and oxygen atoms in total. The van der Waals surface area contributed by atoms with Gasteiger partial charge in [0.2, 0.25) is 0 Å². The summed E-state index contributed by atoms with van der Waals surface area (Å²) < 4.78 is 10.9. The van der Waals surface area contributed by atoms with Gasteiger partial charge in [0, 0.05) is 4.47 Å². The molecule has 120 valence electrons. The molecule has 0 aliphatic carbocycles. The molecule has 0 unspecified atom stereocenters. The van der Waals surface area contributed by atoms with Crippen molar-refractivity contribution < 1.29 is 19.2 Å². The normalized spacial score (nSPS) is 10.7. The first-order valence-electron chi connectivity index (χ1n) is 6.33. The molecule has 1 aromatic heterocycles. The number of benzene rings is 1. The molecule has 0 aliphatic heterocycles. The van der Waals surface area contributed by atoms with E-state index in [0.29, 0.717) is 15.1 Å². The van der Waals surface area contributed by atoms with Crippen LogP contribution in [0.4, 0.5) is 5.69 Å². The van der Waals surface area contributed by atoms with Crippen LogP contribution in [0.1, 0.15) is 15.2 Å². The lowest BCUT2D eigenvalue weighted by atomic mass is 10.1. The van der Waals surface area contributed by atoms with Crippen molar-refractivity contribution in [1.82, 2.24) is 0 Å². The number of carbonyl (C=O) groups excluding carboxylic acids is 1. The van der Waals surface area contributed by atoms with E-state index >= 15 is 0 Å². The van der Waals surface area contributed by atoms with Gasteiger partial charge in [-0.25, -0.2) is 0 Å². The average Bonchev–Trinajstić information content (AvgIpc) is 2.97. The highest BCUT2D eigenvalue weighted by atomic mass is 79.9. The molecule has 2 rings (SSSR count). The number of nitro groups is 1. The van der Waals surface area contributed by atoms with Crippen LogP contribution in [0.2, 0.25) is 0 Å². The number of allylic oxidation sites excluding steroid dienone is 1. The second-order valence-electron chi connectivity index (χ2n) is 4.32. The fourth-order valence-electron chi connectivity index (χ4n) is 1.89. The highest BCUT2D eigenvalue weighted by Crippen LogP contribution is 2.35. The molecule has 0 N–H and O–H groups in total. The summed E-state index contributed by atoms with van der Waals surface area (Å²) in [5.41, 5.74) is 0.0885. The van der Waals surface area contributed by atoms with Gasteiger partial charge in [0.1, 0.15) is 0 Å². The Morgan fingerprint density at radius 2 is 1.96 bits per heavy atom. The van der Waals surface area contributed by atoms with Crippen LogP contribution in [0.5, 0.6) is 11.5 Å². The zero-order valence-corrected chi connectivity index (χ0v) is 14.6. The number of nitro benzene ring substituents is 1. The molecule has 0 atom stereocenters. The standard InChI is InChI=1S/C15H12BrNO5S/c1-21-13-7-9(11(17(19)20)8-14(13)22-2)3-4-12(18)15-10(16)5-6-23-15/h3-8H,1-2H3/b4-3+. The molecule has 8 heteroatoms. The molecule has 2 aromatic rings. The van der Waals surface area contributed by atoms with Crippen molar-refractivity contribution in [3.05, 3.63) is 54.7 Å². The minimum atomic E-state index is -0.535. The first kappa shape index (κ1) is 17.2. The number of thiophene rings is 1. The Morgan fingerprint density at radius 1 is 1.30 bits per heavy atom. The van der Waals surface area contributed by atoms with Gasteiger partial charge in [0.25, 0.3) is 5.69 Å². The quantitative estimate of drug-likeness (QED) is 0.313. The summed E-state index contributed by atoms with van der Waals surface area (Å²) >= 11 is 4.57. The zero-order chi connectivity index (χ0) is 17.0. The van der Waals surface area contributed by atoms with Crippen LogP contribution in [-0.2, 0) is 0 Å². The van der Waals surface area contributed by atoms with Gasteiger partial charge in [-0.05, 0) is 45.6 Å². The van der Waals surface area contributed by atoms with Gasteiger partial charge in [0.05, 0.1) is 35.6 Å². The first-order valence-corrected chi connectivity index (χ1v) is 8.01. The summed E-state index contributed by atoms with van der Waals surface area (Å²) in [5, 5.41) is 13.0. The first-order chi connectivity index (χ1) is 11.0. The van der Waals surface area contributed by atoms with Crippen LogP contribution in [0.15, 0.2) is 34.1 Å². The van der Waals surface area contributed by atoms with E-state index in [-0.39, 0.29) is 22.8 Å². The topological polar surface area (TPSA) is 78.7 Å². The second-order valence-corrected chi connectivity index (χ2v) is 6.09. The molecule has 0 aliphatic rings. The predicted molar refractivity (Wildman–Crippen MR) is 91.6 cm³/mol. The molecular weight excluding hydrogens is 386 g/mol. The number of hydrogen-bond acceptors (Lipinski definition) is 6. The van der Waals surface area contributed by atoms with Crippen LogP contribution in [-0.4, -0.2) is 24.9 Å². The molecule has 0 saturated carbocycles. The summed E-state index contributed by atoms with van der Waals surface area (Å²) in [7, 11) is 2.83. The van der Waals surface area contributed by atoms with Gasteiger partial charge in [0.15, 0.2) is 17.3 Å². The van der Waals surface area contributed by atoms with Gasteiger partial charge in [-0.3, -0.25) is 14.9 Å². The number of ether oxygens (including phenoxy) is 2. The number of ketones is 1. The van der Waals surface area contributed by atoms with Crippen LogP contribution < -0.4 is 9.47 Å². The largest absolute Gasteiger partial charge is 0.493 e. The van der Waals surface area contributed by atoms with Gasteiger partial charge in [-0.2, -0.15) is 0 Å². The minimum Gasteiger partial charge on any atom is -0.493 e. The average molecular weight is 398 g/mol. The summed E-state index contributed by atoms with van der Waals surface area (Å²) in [6.45, 7) is 0. The van der Waals surface area contributed by atoms with E-state index < -0.39 is 4.92 Å². The molecule has 0 spiro atoms. The predicted octanol–water partition coefficient (Wildman–Crippen LogP) is 4.33. The smallest absolute Gasteiger partial charge is 0.280 e. The van der Waals surface area contributed by atoms with E-state index in [0.717, 1.165) is 0 Å². The van der Waals surface area contributed by atoms with Crippen molar-refractivity contribution in [1.29, 1.82) is 0 Å². The molecule has 23 heavy (non-hydrogen) atoms. The maximum Gasteiger partial charge on any atom is 0.280 e. The highest BCUT2D eigenvalue weighted by molar-refractivity contribution is 9.10. The molecule has 0 fully saturated rings. The van der Waals surface area contributed by atoms with E-state index in [1.807, 2.05) is 0 Å². The highest BCUT2D eigenvalue weighted by Gasteiger charge is 2.18. The molecule has 0 radical (unpaired) electrons. The number of carbonyl (C=O) groups is 1. The van der Waals surface area contributed by atoms with Crippen molar-refractivity contribution >= 4 is 44.8 Å². The lowest BCUT2D eigenvalue weighted by Gasteiger charge is -2.08. The maximum absolute atomic E-state index is 12.1. The SMILES string of the molecule is COc1cc(/C=C/C(=O)c2sccc2Br)c([N+](=O)[O-])cc1OC. The van der Waals surface area contributed by atoms with Gasteiger partial charge in [-0.1, -0.05) is 0 Å². The molecule has 1 aromatic carbocycles.